The number of aryl methyl sites for hydroxylation is 1. The van der Waals surface area contributed by atoms with Gasteiger partial charge in [0.15, 0.2) is 5.78 Å². The van der Waals surface area contributed by atoms with Crippen molar-refractivity contribution in [2.24, 2.45) is 0 Å². The average molecular weight is 452 g/mol. The zero-order chi connectivity index (χ0) is 20.5. The Morgan fingerprint density at radius 2 is 1.93 bits per heavy atom. The van der Waals surface area contributed by atoms with Crippen molar-refractivity contribution in [2.45, 2.75) is 39.0 Å². The summed E-state index contributed by atoms with van der Waals surface area (Å²) in [4.78, 5) is 30.5. The van der Waals surface area contributed by atoms with E-state index in [1.165, 1.54) is 0 Å². The third-order valence-corrected chi connectivity index (χ3v) is 5.91. The van der Waals surface area contributed by atoms with Crippen LogP contribution < -0.4 is 10.6 Å². The number of halogens is 1. The molecular formula is C23H22BrN3O2. The number of Topliss-reactive ketones (excluding diaryl/α,β-unsaturated/α-hetero) is 1. The van der Waals surface area contributed by atoms with Crippen molar-refractivity contribution < 1.29 is 9.59 Å². The third-order valence-electron chi connectivity index (χ3n) is 5.38. The zero-order valence-electron chi connectivity index (χ0n) is 16.4. The van der Waals surface area contributed by atoms with E-state index in [0.29, 0.717) is 23.4 Å². The molecule has 0 saturated carbocycles. The number of dihydropyridines is 1. The van der Waals surface area contributed by atoms with Gasteiger partial charge in [-0.05, 0) is 62.1 Å². The van der Waals surface area contributed by atoms with E-state index in [1.54, 1.807) is 6.20 Å². The van der Waals surface area contributed by atoms with Gasteiger partial charge in [-0.1, -0.05) is 28.1 Å². The molecule has 2 aromatic rings. The number of rotatable bonds is 3. The van der Waals surface area contributed by atoms with Crippen LogP contribution in [0.5, 0.6) is 0 Å². The lowest BCUT2D eigenvalue weighted by Crippen LogP contribution is -2.35. The Balaban J connectivity index is 1.78. The molecular weight excluding hydrogens is 430 g/mol. The molecule has 148 valence electrons. The van der Waals surface area contributed by atoms with Crippen LogP contribution in [-0.2, 0) is 9.59 Å². The highest BCUT2D eigenvalue weighted by Crippen LogP contribution is 2.42. The maximum Gasteiger partial charge on any atom is 0.255 e. The molecule has 1 aliphatic carbocycles. The molecule has 1 amide bonds. The van der Waals surface area contributed by atoms with Crippen molar-refractivity contribution in [2.75, 3.05) is 5.32 Å². The number of carbonyl (C=O) groups excluding carboxylic acids is 2. The number of amides is 1. The molecule has 0 unspecified atom stereocenters. The van der Waals surface area contributed by atoms with Gasteiger partial charge in [-0.3, -0.25) is 9.59 Å². The van der Waals surface area contributed by atoms with E-state index in [0.717, 1.165) is 39.8 Å². The van der Waals surface area contributed by atoms with Crippen LogP contribution in [0.3, 0.4) is 0 Å². The van der Waals surface area contributed by atoms with Crippen LogP contribution in [0.4, 0.5) is 5.82 Å². The van der Waals surface area contributed by atoms with E-state index in [9.17, 15) is 9.59 Å². The number of anilines is 1. The summed E-state index contributed by atoms with van der Waals surface area (Å²) in [6.45, 7) is 3.85. The lowest BCUT2D eigenvalue weighted by molar-refractivity contribution is -0.116. The summed E-state index contributed by atoms with van der Waals surface area (Å²) in [5.74, 6) is -0.0272. The maximum atomic E-state index is 13.3. The molecule has 0 bridgehead atoms. The molecule has 2 heterocycles. The summed E-state index contributed by atoms with van der Waals surface area (Å²) in [6, 6.07) is 11.5. The molecule has 1 aromatic carbocycles. The summed E-state index contributed by atoms with van der Waals surface area (Å²) < 4.78 is 0.954. The Hall–Kier alpha value is -2.73. The SMILES string of the molecule is CC1=C(C(=O)Nc2cc(C)ccn2)[C@H](c2ccc(Br)cc2)C2=C(CCCC2=O)N1. The van der Waals surface area contributed by atoms with Crippen LogP contribution >= 0.6 is 15.9 Å². The summed E-state index contributed by atoms with van der Waals surface area (Å²) in [5, 5.41) is 6.25. The van der Waals surface area contributed by atoms with Gasteiger partial charge in [0.05, 0.1) is 0 Å². The lowest BCUT2D eigenvalue weighted by Gasteiger charge is -2.34. The minimum Gasteiger partial charge on any atom is -0.362 e. The van der Waals surface area contributed by atoms with Gasteiger partial charge in [0, 0.05) is 45.5 Å². The van der Waals surface area contributed by atoms with Crippen LogP contribution in [0.2, 0.25) is 0 Å². The Bertz CT molecular complexity index is 1050. The Morgan fingerprint density at radius 1 is 1.17 bits per heavy atom. The van der Waals surface area contributed by atoms with E-state index < -0.39 is 5.92 Å². The molecule has 0 radical (unpaired) electrons. The normalized spacial score (nSPS) is 19.0. The highest BCUT2D eigenvalue weighted by atomic mass is 79.9. The maximum absolute atomic E-state index is 13.3. The Labute approximate surface area is 178 Å². The molecule has 5 nitrogen and oxygen atoms in total. The van der Waals surface area contributed by atoms with E-state index in [1.807, 2.05) is 50.2 Å². The Morgan fingerprint density at radius 3 is 2.66 bits per heavy atom. The number of allylic oxidation sites excluding steroid dienone is 3. The second kappa shape index (κ2) is 7.95. The average Bonchev–Trinajstić information content (AvgIpc) is 2.67. The van der Waals surface area contributed by atoms with Gasteiger partial charge in [-0.2, -0.15) is 0 Å². The van der Waals surface area contributed by atoms with Gasteiger partial charge < -0.3 is 10.6 Å². The summed E-state index contributed by atoms with van der Waals surface area (Å²) in [5.41, 5.74) is 4.93. The molecule has 1 atom stereocenters. The van der Waals surface area contributed by atoms with Crippen LogP contribution in [0.15, 0.2) is 69.6 Å². The number of nitrogens with one attached hydrogen (secondary N) is 2. The minimum absolute atomic E-state index is 0.109. The van der Waals surface area contributed by atoms with Crippen molar-refractivity contribution in [1.82, 2.24) is 10.3 Å². The van der Waals surface area contributed by atoms with Gasteiger partial charge in [0.25, 0.3) is 5.91 Å². The first-order chi connectivity index (χ1) is 13.9. The molecule has 0 spiro atoms. The van der Waals surface area contributed by atoms with Gasteiger partial charge in [-0.15, -0.1) is 0 Å². The van der Waals surface area contributed by atoms with Crippen molar-refractivity contribution in [3.8, 4) is 0 Å². The first kappa shape index (κ1) is 19.6. The van der Waals surface area contributed by atoms with Gasteiger partial charge in [0.1, 0.15) is 5.82 Å². The predicted octanol–water partition coefficient (Wildman–Crippen LogP) is 4.76. The summed E-state index contributed by atoms with van der Waals surface area (Å²) in [7, 11) is 0. The Kier molecular flexibility index (Phi) is 5.37. The molecule has 0 saturated heterocycles. The van der Waals surface area contributed by atoms with Crippen molar-refractivity contribution in [3.63, 3.8) is 0 Å². The predicted molar refractivity (Wildman–Crippen MR) is 116 cm³/mol. The van der Waals surface area contributed by atoms with E-state index in [4.69, 9.17) is 0 Å². The van der Waals surface area contributed by atoms with Crippen molar-refractivity contribution >= 4 is 33.4 Å². The fraction of sp³-hybridized carbons (Fsp3) is 0.261. The molecule has 6 heteroatoms. The highest BCUT2D eigenvalue weighted by Gasteiger charge is 2.38. The fourth-order valence-electron chi connectivity index (χ4n) is 4.06. The molecule has 1 aromatic heterocycles. The standard InChI is InChI=1S/C23H22BrN3O2/c1-13-10-11-25-19(12-13)27-23(29)20-14(2)26-17-4-3-5-18(28)22(17)21(20)15-6-8-16(24)9-7-15/h6-12,21,26H,3-5H2,1-2H3,(H,25,27,29)/t21-/m0/s1. The monoisotopic (exact) mass is 451 g/mol. The van der Waals surface area contributed by atoms with Gasteiger partial charge in [-0.25, -0.2) is 4.98 Å². The number of nitrogens with zero attached hydrogens (tertiary/aromatic N) is 1. The van der Waals surface area contributed by atoms with Crippen molar-refractivity contribution in [1.29, 1.82) is 0 Å². The number of pyridine rings is 1. The molecule has 4 rings (SSSR count). The smallest absolute Gasteiger partial charge is 0.255 e. The lowest BCUT2D eigenvalue weighted by atomic mass is 9.75. The second-order valence-corrected chi connectivity index (χ2v) is 8.41. The van der Waals surface area contributed by atoms with E-state index >= 15 is 0 Å². The van der Waals surface area contributed by atoms with Crippen LogP contribution in [0.25, 0.3) is 0 Å². The number of benzene rings is 1. The fourth-order valence-corrected chi connectivity index (χ4v) is 4.33. The second-order valence-electron chi connectivity index (χ2n) is 7.49. The minimum atomic E-state index is -0.392. The largest absolute Gasteiger partial charge is 0.362 e. The molecule has 1 aliphatic heterocycles. The van der Waals surface area contributed by atoms with Crippen LogP contribution in [-0.4, -0.2) is 16.7 Å². The zero-order valence-corrected chi connectivity index (χ0v) is 18.0. The van der Waals surface area contributed by atoms with Crippen molar-refractivity contribution in [3.05, 3.63) is 80.7 Å². The summed E-state index contributed by atoms with van der Waals surface area (Å²) >= 11 is 3.47. The number of ketones is 1. The van der Waals surface area contributed by atoms with Gasteiger partial charge >= 0.3 is 0 Å². The highest BCUT2D eigenvalue weighted by molar-refractivity contribution is 9.10. The first-order valence-electron chi connectivity index (χ1n) is 9.67. The molecule has 0 fully saturated rings. The first-order valence-corrected chi connectivity index (χ1v) is 10.5. The van der Waals surface area contributed by atoms with E-state index in [2.05, 4.69) is 31.5 Å². The molecule has 2 aliphatic rings. The summed E-state index contributed by atoms with van der Waals surface area (Å²) in [6.07, 6.45) is 3.84. The number of aromatic nitrogens is 1. The van der Waals surface area contributed by atoms with Gasteiger partial charge in [0.2, 0.25) is 0 Å². The number of hydrogen-bond donors (Lipinski definition) is 2. The third kappa shape index (κ3) is 3.90. The molecule has 2 N–H and O–H groups in total. The van der Waals surface area contributed by atoms with Crippen LogP contribution in [0.1, 0.15) is 43.2 Å². The topological polar surface area (TPSA) is 71.1 Å². The number of hydrogen-bond acceptors (Lipinski definition) is 4. The van der Waals surface area contributed by atoms with E-state index in [-0.39, 0.29) is 11.7 Å². The van der Waals surface area contributed by atoms with Crippen LogP contribution in [0, 0.1) is 6.92 Å². The quantitative estimate of drug-likeness (QED) is 0.705. The number of carbonyl (C=O) groups is 2. The molecule has 29 heavy (non-hydrogen) atoms.